The molecular weight excluding hydrogens is 709 g/mol. The highest BCUT2D eigenvalue weighted by Gasteiger charge is 2.39. The highest BCUT2D eigenvalue weighted by atomic mass is 32.2. The van der Waals surface area contributed by atoms with Crippen molar-refractivity contribution in [3.05, 3.63) is 30.3 Å². The SMILES string of the molecule is CC.CNC(O)C1CCC(CNC(=O)CCCCCN2C(=O)CC(SCCCCC[C@H](NC(=O)[C@H]3CCC(C)(O)N3)C(=O)Nc3ccccc3)C2=O)CC1. The number of unbranched alkanes of at least 4 members (excludes halogenated alkanes) is 4. The second-order valence-electron chi connectivity index (χ2n) is 14.9. The van der Waals surface area contributed by atoms with E-state index in [9.17, 15) is 34.2 Å². The van der Waals surface area contributed by atoms with E-state index >= 15 is 0 Å². The van der Waals surface area contributed by atoms with Gasteiger partial charge < -0.3 is 26.2 Å². The molecule has 13 nitrogen and oxygen atoms in total. The van der Waals surface area contributed by atoms with Crippen molar-refractivity contribution in [1.82, 2.24) is 26.2 Å². The lowest BCUT2D eigenvalue weighted by Crippen LogP contribution is -2.52. The maximum Gasteiger partial charge on any atom is 0.246 e. The maximum atomic E-state index is 13.1. The van der Waals surface area contributed by atoms with Crippen LogP contribution in [-0.4, -0.2) is 99.8 Å². The Morgan fingerprint density at radius 3 is 2.35 bits per heavy atom. The molecule has 2 heterocycles. The summed E-state index contributed by atoms with van der Waals surface area (Å²) in [5.74, 6) is 0.590. The third-order valence-electron chi connectivity index (χ3n) is 10.6. The van der Waals surface area contributed by atoms with E-state index in [2.05, 4.69) is 26.6 Å². The van der Waals surface area contributed by atoms with Gasteiger partial charge in [0.2, 0.25) is 29.5 Å². The van der Waals surface area contributed by atoms with Gasteiger partial charge >= 0.3 is 0 Å². The number of aliphatic hydroxyl groups is 2. The van der Waals surface area contributed by atoms with Crippen molar-refractivity contribution >= 4 is 47.0 Å². The number of anilines is 1. The number of rotatable bonds is 21. The number of para-hydroxylation sites is 1. The van der Waals surface area contributed by atoms with Gasteiger partial charge in [0, 0.05) is 31.6 Å². The summed E-state index contributed by atoms with van der Waals surface area (Å²) in [5.41, 5.74) is -0.465. The molecule has 0 bridgehead atoms. The van der Waals surface area contributed by atoms with Gasteiger partial charge in [-0.3, -0.25) is 39.5 Å². The van der Waals surface area contributed by atoms with Crippen LogP contribution in [0.1, 0.15) is 117 Å². The maximum absolute atomic E-state index is 13.1. The molecule has 54 heavy (non-hydrogen) atoms. The van der Waals surface area contributed by atoms with E-state index < -0.39 is 24.0 Å². The van der Waals surface area contributed by atoms with Gasteiger partial charge in [0.25, 0.3) is 0 Å². The number of carbonyl (C=O) groups excluding carboxylic acids is 5. The Kier molecular flexibility index (Phi) is 20.0. The Hall–Kier alpha value is -3.04. The molecule has 5 atom stereocenters. The van der Waals surface area contributed by atoms with Crippen LogP contribution in [0, 0.1) is 11.8 Å². The molecule has 4 rings (SSSR count). The summed E-state index contributed by atoms with van der Waals surface area (Å²) in [6, 6.07) is 7.78. The van der Waals surface area contributed by atoms with Gasteiger partial charge in [0.15, 0.2) is 0 Å². The van der Waals surface area contributed by atoms with Crippen LogP contribution in [0.15, 0.2) is 30.3 Å². The number of imide groups is 1. The number of nitrogens with one attached hydrogen (secondary N) is 5. The van der Waals surface area contributed by atoms with Crippen molar-refractivity contribution in [2.24, 2.45) is 11.8 Å². The molecule has 0 radical (unpaired) electrons. The summed E-state index contributed by atoms with van der Waals surface area (Å²) < 4.78 is 0. The van der Waals surface area contributed by atoms with Gasteiger partial charge in [-0.25, -0.2) is 0 Å². The molecule has 2 saturated heterocycles. The van der Waals surface area contributed by atoms with Crippen LogP contribution in [0.2, 0.25) is 0 Å². The predicted molar refractivity (Wildman–Crippen MR) is 213 cm³/mol. The molecule has 3 aliphatic rings. The number of thioether (sulfide) groups is 1. The molecule has 5 amide bonds. The van der Waals surface area contributed by atoms with Crippen LogP contribution in [-0.2, 0) is 24.0 Å². The Morgan fingerprint density at radius 2 is 1.69 bits per heavy atom. The van der Waals surface area contributed by atoms with Crippen LogP contribution in [0.3, 0.4) is 0 Å². The first-order valence-corrected chi connectivity index (χ1v) is 21.2. The molecule has 1 aromatic rings. The Labute approximate surface area is 326 Å². The smallest absolute Gasteiger partial charge is 0.246 e. The minimum atomic E-state index is -1.11. The van der Waals surface area contributed by atoms with Crippen LogP contribution in [0.5, 0.6) is 0 Å². The molecule has 3 fully saturated rings. The molecule has 2 aliphatic heterocycles. The van der Waals surface area contributed by atoms with Crippen molar-refractivity contribution in [2.45, 2.75) is 146 Å². The van der Waals surface area contributed by atoms with Crippen molar-refractivity contribution < 1.29 is 34.2 Å². The average molecular weight is 775 g/mol. The molecule has 304 valence electrons. The number of hydrogen-bond donors (Lipinski definition) is 7. The third-order valence-corrected chi connectivity index (χ3v) is 11.9. The molecule has 0 spiro atoms. The van der Waals surface area contributed by atoms with Gasteiger partial charge in [-0.1, -0.05) is 51.3 Å². The standard InChI is InChI=1S/C38H60N6O7S.C2H6/c1-38(51)21-20-30(43-38)36(49)42-29(35(48)41-28-12-6-3-7-13-28)14-8-5-11-23-52-31-24-33(46)44(37(31)50)22-10-4-9-15-32(45)40-25-26-16-18-27(19-17-26)34(47)39-2;1-2/h3,6-7,12-13,26-27,29-31,34,39,43,47,51H,4-5,8-11,14-25H2,1-2H3,(H,40,45)(H,41,48)(H,42,49);1-2H3/t26?,27?,29-,30+,31?,34?,38?;/m0./s1. The zero-order chi connectivity index (χ0) is 39.5. The van der Waals surface area contributed by atoms with E-state index in [1.165, 1.54) is 16.7 Å². The lowest BCUT2D eigenvalue weighted by Gasteiger charge is -2.31. The van der Waals surface area contributed by atoms with E-state index in [0.29, 0.717) is 75.4 Å². The first-order chi connectivity index (χ1) is 26.0. The molecule has 3 unspecified atom stereocenters. The van der Waals surface area contributed by atoms with Gasteiger partial charge in [0.1, 0.15) is 18.0 Å². The number of benzene rings is 1. The van der Waals surface area contributed by atoms with Crippen LogP contribution in [0.4, 0.5) is 5.69 Å². The van der Waals surface area contributed by atoms with E-state index in [0.717, 1.165) is 44.9 Å². The number of carbonyl (C=O) groups is 5. The number of amides is 5. The quantitative estimate of drug-likeness (QED) is 0.0546. The molecule has 0 aromatic heterocycles. The van der Waals surface area contributed by atoms with E-state index in [1.807, 2.05) is 32.0 Å². The summed E-state index contributed by atoms with van der Waals surface area (Å²) in [6.45, 7) is 6.68. The topological polar surface area (TPSA) is 189 Å². The van der Waals surface area contributed by atoms with Crippen LogP contribution >= 0.6 is 11.8 Å². The number of likely N-dealkylation sites (tertiary alicyclic amines) is 1. The Balaban J connectivity index is 0.00000385. The Morgan fingerprint density at radius 1 is 0.981 bits per heavy atom. The average Bonchev–Trinajstić information content (AvgIpc) is 3.68. The summed E-state index contributed by atoms with van der Waals surface area (Å²) in [5, 5.41) is 34.4. The lowest BCUT2D eigenvalue weighted by atomic mass is 9.81. The number of hydrogen-bond acceptors (Lipinski definition) is 10. The van der Waals surface area contributed by atoms with Gasteiger partial charge in [-0.05, 0) is 108 Å². The fraction of sp³-hybridized carbons (Fsp3) is 0.725. The predicted octanol–water partition coefficient (Wildman–Crippen LogP) is 4.04. The molecule has 1 saturated carbocycles. The molecule has 7 N–H and O–H groups in total. The van der Waals surface area contributed by atoms with Crippen LogP contribution < -0.4 is 26.6 Å². The zero-order valence-electron chi connectivity index (χ0n) is 32.9. The highest BCUT2D eigenvalue weighted by molar-refractivity contribution is 8.00. The minimum absolute atomic E-state index is 0.0365. The second-order valence-corrected chi connectivity index (χ2v) is 16.2. The largest absolute Gasteiger partial charge is 0.378 e. The van der Waals surface area contributed by atoms with E-state index in [-0.39, 0.29) is 47.1 Å². The van der Waals surface area contributed by atoms with Crippen molar-refractivity contribution in [3.63, 3.8) is 0 Å². The normalized spacial score (nSPS) is 25.0. The minimum Gasteiger partial charge on any atom is -0.378 e. The monoisotopic (exact) mass is 774 g/mol. The summed E-state index contributed by atoms with van der Waals surface area (Å²) >= 11 is 1.50. The van der Waals surface area contributed by atoms with Crippen molar-refractivity contribution in [3.8, 4) is 0 Å². The van der Waals surface area contributed by atoms with Gasteiger partial charge in [-0.15, -0.1) is 11.8 Å². The highest BCUT2D eigenvalue weighted by Crippen LogP contribution is 2.30. The number of aliphatic hydroxyl groups excluding tert-OH is 1. The Bertz CT molecular complexity index is 1330. The second kappa shape index (κ2) is 23.8. The van der Waals surface area contributed by atoms with E-state index in [1.54, 1.807) is 26.1 Å². The summed E-state index contributed by atoms with van der Waals surface area (Å²) in [6.07, 6.45) is 9.91. The molecular formula is C40H66N6O7S. The summed E-state index contributed by atoms with van der Waals surface area (Å²) in [4.78, 5) is 65.4. The van der Waals surface area contributed by atoms with Gasteiger partial charge in [0.05, 0.1) is 11.3 Å². The fourth-order valence-corrected chi connectivity index (χ4v) is 8.51. The van der Waals surface area contributed by atoms with Crippen LogP contribution in [0.25, 0.3) is 0 Å². The first kappa shape index (κ1) is 45.4. The number of nitrogens with zero attached hydrogens (tertiary/aromatic N) is 1. The van der Waals surface area contributed by atoms with E-state index in [4.69, 9.17) is 0 Å². The van der Waals surface area contributed by atoms with Crippen molar-refractivity contribution in [2.75, 3.05) is 31.2 Å². The molecule has 14 heteroatoms. The van der Waals surface area contributed by atoms with Crippen molar-refractivity contribution in [1.29, 1.82) is 0 Å². The zero-order valence-corrected chi connectivity index (χ0v) is 33.7. The van der Waals surface area contributed by atoms with Gasteiger partial charge in [-0.2, -0.15) is 0 Å². The first-order valence-electron chi connectivity index (χ1n) is 20.2. The lowest BCUT2D eigenvalue weighted by molar-refractivity contribution is -0.138. The third kappa shape index (κ3) is 15.2. The summed E-state index contributed by atoms with van der Waals surface area (Å²) in [7, 11) is 1.77. The fourth-order valence-electron chi connectivity index (χ4n) is 7.33. The molecule has 1 aliphatic carbocycles. The molecule has 1 aromatic carbocycles.